The second-order valence-corrected chi connectivity index (χ2v) is 3.70. The van der Waals surface area contributed by atoms with E-state index in [2.05, 4.69) is 15.2 Å². The number of rotatable bonds is 3. The van der Waals surface area contributed by atoms with Gasteiger partial charge in [0.2, 0.25) is 0 Å². The van der Waals surface area contributed by atoms with Crippen molar-refractivity contribution in [2.24, 2.45) is 5.73 Å². The van der Waals surface area contributed by atoms with Crippen LogP contribution in [0.15, 0.2) is 18.5 Å². The molecule has 4 nitrogen and oxygen atoms in total. The number of aromatic nitrogens is 3. The molecule has 3 N–H and O–H groups in total. The zero-order valence-electron chi connectivity index (χ0n) is 7.03. The summed E-state index contributed by atoms with van der Waals surface area (Å²) < 4.78 is 0. The maximum atomic E-state index is 5.42. The molecule has 0 amide bonds. The highest BCUT2D eigenvalue weighted by Gasteiger charge is 2.05. The van der Waals surface area contributed by atoms with Crippen LogP contribution in [0.3, 0.4) is 0 Å². The van der Waals surface area contributed by atoms with Gasteiger partial charge in [-0.2, -0.15) is 0 Å². The average molecular weight is 194 g/mol. The van der Waals surface area contributed by atoms with Gasteiger partial charge >= 0.3 is 0 Å². The van der Waals surface area contributed by atoms with Crippen LogP contribution in [0, 0.1) is 0 Å². The minimum atomic E-state index is 0.627. The van der Waals surface area contributed by atoms with Gasteiger partial charge in [-0.05, 0) is 12.6 Å². The second-order valence-electron chi connectivity index (χ2n) is 2.64. The SMILES string of the molecule is NCCc1nnc(-c2cc[nH]c2)s1. The van der Waals surface area contributed by atoms with Crippen molar-refractivity contribution in [3.63, 3.8) is 0 Å². The molecule has 0 atom stereocenters. The summed E-state index contributed by atoms with van der Waals surface area (Å²) in [5, 5.41) is 10.1. The van der Waals surface area contributed by atoms with Crippen LogP contribution < -0.4 is 5.73 Å². The van der Waals surface area contributed by atoms with Crippen molar-refractivity contribution in [3.8, 4) is 10.6 Å². The molecule has 0 saturated carbocycles. The minimum Gasteiger partial charge on any atom is -0.367 e. The molecule has 0 spiro atoms. The Morgan fingerprint density at radius 3 is 3.08 bits per heavy atom. The van der Waals surface area contributed by atoms with Crippen molar-refractivity contribution in [1.29, 1.82) is 0 Å². The van der Waals surface area contributed by atoms with Gasteiger partial charge in [-0.1, -0.05) is 11.3 Å². The van der Waals surface area contributed by atoms with Crippen LogP contribution >= 0.6 is 11.3 Å². The number of hydrogen-bond donors (Lipinski definition) is 2. The molecule has 0 aliphatic carbocycles. The standard InChI is InChI=1S/C8H10N4S/c9-3-1-7-11-12-8(13-7)6-2-4-10-5-6/h2,4-5,10H,1,3,9H2. The lowest BCUT2D eigenvalue weighted by molar-refractivity contribution is 0.913. The predicted octanol–water partition coefficient (Wildman–Crippen LogP) is 1.03. The number of nitrogens with zero attached hydrogens (tertiary/aromatic N) is 2. The quantitative estimate of drug-likeness (QED) is 0.767. The van der Waals surface area contributed by atoms with Gasteiger partial charge in [0.15, 0.2) is 0 Å². The van der Waals surface area contributed by atoms with E-state index in [1.165, 1.54) is 0 Å². The molecule has 2 heterocycles. The van der Waals surface area contributed by atoms with Crippen LogP contribution in [0.25, 0.3) is 10.6 Å². The fraction of sp³-hybridized carbons (Fsp3) is 0.250. The first kappa shape index (κ1) is 8.40. The zero-order chi connectivity index (χ0) is 9.10. The molecule has 2 aromatic heterocycles. The Morgan fingerprint density at radius 2 is 2.38 bits per heavy atom. The molecule has 0 saturated heterocycles. The highest BCUT2D eigenvalue weighted by Crippen LogP contribution is 2.22. The van der Waals surface area contributed by atoms with Gasteiger partial charge in [0, 0.05) is 24.4 Å². The summed E-state index contributed by atoms with van der Waals surface area (Å²) >= 11 is 1.59. The van der Waals surface area contributed by atoms with Crippen molar-refractivity contribution >= 4 is 11.3 Å². The minimum absolute atomic E-state index is 0.627. The van der Waals surface area contributed by atoms with Crippen LogP contribution in [0.2, 0.25) is 0 Å². The molecule has 0 unspecified atom stereocenters. The van der Waals surface area contributed by atoms with Gasteiger partial charge in [-0.25, -0.2) is 0 Å². The van der Waals surface area contributed by atoms with Crippen molar-refractivity contribution in [2.75, 3.05) is 6.54 Å². The molecule has 0 bridgehead atoms. The Kier molecular flexibility index (Phi) is 2.37. The largest absolute Gasteiger partial charge is 0.367 e. The molecule has 2 aromatic rings. The van der Waals surface area contributed by atoms with Crippen LogP contribution in [-0.2, 0) is 6.42 Å². The summed E-state index contributed by atoms with van der Waals surface area (Å²) in [5.74, 6) is 0. The molecular weight excluding hydrogens is 184 g/mol. The molecule has 0 fully saturated rings. The molecule has 68 valence electrons. The lowest BCUT2D eigenvalue weighted by Gasteiger charge is -1.85. The van der Waals surface area contributed by atoms with Crippen molar-refractivity contribution in [3.05, 3.63) is 23.5 Å². The van der Waals surface area contributed by atoms with Crippen LogP contribution in [0.5, 0.6) is 0 Å². The van der Waals surface area contributed by atoms with Gasteiger partial charge in [0.1, 0.15) is 10.0 Å². The molecule has 0 radical (unpaired) electrons. The fourth-order valence-electron chi connectivity index (χ4n) is 1.05. The third-order valence-electron chi connectivity index (χ3n) is 1.67. The maximum Gasteiger partial charge on any atom is 0.149 e. The van der Waals surface area contributed by atoms with Crippen LogP contribution in [0.1, 0.15) is 5.01 Å². The predicted molar refractivity (Wildman–Crippen MR) is 52.5 cm³/mol. The van der Waals surface area contributed by atoms with Gasteiger partial charge in [-0.3, -0.25) is 0 Å². The lowest BCUT2D eigenvalue weighted by atomic mass is 10.4. The van der Waals surface area contributed by atoms with Gasteiger partial charge < -0.3 is 10.7 Å². The molecule has 13 heavy (non-hydrogen) atoms. The summed E-state index contributed by atoms with van der Waals surface area (Å²) in [4.78, 5) is 2.98. The van der Waals surface area contributed by atoms with Gasteiger partial charge in [0.05, 0.1) is 0 Å². The summed E-state index contributed by atoms with van der Waals surface area (Å²) in [7, 11) is 0. The van der Waals surface area contributed by atoms with Crippen molar-refractivity contribution < 1.29 is 0 Å². The molecule has 0 aromatic carbocycles. The van der Waals surface area contributed by atoms with E-state index in [1.54, 1.807) is 11.3 Å². The highest BCUT2D eigenvalue weighted by atomic mass is 32.1. The Labute approximate surface area is 79.8 Å². The molecule has 0 aliphatic rings. The number of hydrogen-bond acceptors (Lipinski definition) is 4. The van der Waals surface area contributed by atoms with E-state index in [4.69, 9.17) is 5.73 Å². The first-order chi connectivity index (χ1) is 6.40. The molecule has 5 heteroatoms. The number of nitrogens with two attached hydrogens (primary N) is 1. The third kappa shape index (κ3) is 1.76. The van der Waals surface area contributed by atoms with E-state index in [9.17, 15) is 0 Å². The fourth-order valence-corrected chi connectivity index (χ4v) is 1.90. The lowest BCUT2D eigenvalue weighted by Crippen LogP contribution is -2.01. The number of nitrogens with one attached hydrogen (secondary N) is 1. The van der Waals surface area contributed by atoms with E-state index in [1.807, 2.05) is 18.5 Å². The molecule has 0 aliphatic heterocycles. The van der Waals surface area contributed by atoms with Crippen molar-refractivity contribution in [2.45, 2.75) is 6.42 Å². The summed E-state index contributed by atoms with van der Waals surface area (Å²) in [6.07, 6.45) is 4.59. The van der Waals surface area contributed by atoms with Crippen molar-refractivity contribution in [1.82, 2.24) is 15.2 Å². The van der Waals surface area contributed by atoms with Gasteiger partial charge in [0.25, 0.3) is 0 Å². The summed E-state index contributed by atoms with van der Waals surface area (Å²) in [6, 6.07) is 1.98. The first-order valence-electron chi connectivity index (χ1n) is 4.06. The second kappa shape index (κ2) is 3.68. The normalized spacial score (nSPS) is 10.5. The van der Waals surface area contributed by atoms with E-state index < -0.39 is 0 Å². The topological polar surface area (TPSA) is 67.6 Å². The number of H-pyrrole nitrogens is 1. The summed E-state index contributed by atoms with van der Waals surface area (Å²) in [6.45, 7) is 0.627. The average Bonchev–Trinajstić information content (AvgIpc) is 2.70. The van der Waals surface area contributed by atoms with E-state index >= 15 is 0 Å². The van der Waals surface area contributed by atoms with Gasteiger partial charge in [-0.15, -0.1) is 10.2 Å². The Hall–Kier alpha value is -1.20. The zero-order valence-corrected chi connectivity index (χ0v) is 7.84. The summed E-state index contributed by atoms with van der Waals surface area (Å²) in [5.41, 5.74) is 6.51. The highest BCUT2D eigenvalue weighted by molar-refractivity contribution is 7.14. The monoisotopic (exact) mass is 194 g/mol. The Balaban J connectivity index is 2.23. The van der Waals surface area contributed by atoms with E-state index in [-0.39, 0.29) is 0 Å². The Bertz CT molecular complexity index is 365. The maximum absolute atomic E-state index is 5.42. The van der Waals surface area contributed by atoms with Crippen LogP contribution in [0.4, 0.5) is 0 Å². The number of aromatic amines is 1. The molecular formula is C8H10N4S. The van der Waals surface area contributed by atoms with Crippen LogP contribution in [-0.4, -0.2) is 21.7 Å². The molecule has 2 rings (SSSR count). The smallest absolute Gasteiger partial charge is 0.149 e. The Morgan fingerprint density at radius 1 is 1.46 bits per heavy atom. The van der Waals surface area contributed by atoms with E-state index in [0.29, 0.717) is 6.54 Å². The first-order valence-corrected chi connectivity index (χ1v) is 4.87. The van der Waals surface area contributed by atoms with E-state index in [0.717, 1.165) is 22.0 Å². The third-order valence-corrected chi connectivity index (χ3v) is 2.70.